The predicted molar refractivity (Wildman–Crippen MR) is 60.1 cm³/mol. The molecule has 2 unspecified atom stereocenters. The summed E-state index contributed by atoms with van der Waals surface area (Å²) in [5, 5.41) is 29.4. The minimum Gasteiger partial charge on any atom is -0.480 e. The van der Waals surface area contributed by atoms with E-state index in [2.05, 4.69) is 5.32 Å². The molecule has 0 aromatic heterocycles. The molecule has 6 heteroatoms. The number of thioether (sulfide) groups is 1. The summed E-state index contributed by atoms with van der Waals surface area (Å²) in [7, 11) is 0. The molecule has 0 aliphatic rings. The Labute approximate surface area is 93.9 Å². The van der Waals surface area contributed by atoms with Crippen molar-refractivity contribution in [3.05, 3.63) is 0 Å². The van der Waals surface area contributed by atoms with Gasteiger partial charge in [-0.3, -0.25) is 4.79 Å². The third-order valence-electron chi connectivity index (χ3n) is 1.64. The van der Waals surface area contributed by atoms with Crippen molar-refractivity contribution in [1.82, 2.24) is 5.32 Å². The van der Waals surface area contributed by atoms with Crippen LogP contribution >= 0.6 is 11.8 Å². The molecule has 0 bridgehead atoms. The number of carboxylic acids is 1. The van der Waals surface area contributed by atoms with E-state index in [0.717, 1.165) is 0 Å². The SMILES string of the molecule is CC(C)NC(CSCC(O)CO)C(=O)O. The van der Waals surface area contributed by atoms with E-state index in [4.69, 9.17) is 15.3 Å². The Morgan fingerprint density at radius 1 is 1.40 bits per heavy atom. The van der Waals surface area contributed by atoms with Gasteiger partial charge in [-0.15, -0.1) is 0 Å². The van der Waals surface area contributed by atoms with E-state index in [-0.39, 0.29) is 12.6 Å². The zero-order valence-corrected chi connectivity index (χ0v) is 9.83. The molecule has 0 saturated carbocycles. The number of hydrogen-bond donors (Lipinski definition) is 4. The van der Waals surface area contributed by atoms with Crippen LogP contribution in [-0.2, 0) is 4.79 Å². The van der Waals surface area contributed by atoms with Crippen LogP contribution in [0.3, 0.4) is 0 Å². The normalized spacial score (nSPS) is 15.3. The summed E-state index contributed by atoms with van der Waals surface area (Å²) in [5.41, 5.74) is 0. The zero-order valence-electron chi connectivity index (χ0n) is 9.01. The molecule has 0 aliphatic carbocycles. The van der Waals surface area contributed by atoms with Crippen molar-refractivity contribution < 1.29 is 20.1 Å². The highest BCUT2D eigenvalue weighted by molar-refractivity contribution is 7.99. The van der Waals surface area contributed by atoms with Crippen LogP contribution < -0.4 is 5.32 Å². The number of aliphatic hydroxyl groups is 2. The van der Waals surface area contributed by atoms with Gasteiger partial charge in [-0.2, -0.15) is 11.8 Å². The molecule has 15 heavy (non-hydrogen) atoms. The highest BCUT2D eigenvalue weighted by Gasteiger charge is 2.18. The summed E-state index contributed by atoms with van der Waals surface area (Å²) in [6.45, 7) is 3.47. The van der Waals surface area contributed by atoms with E-state index in [9.17, 15) is 4.79 Å². The summed E-state index contributed by atoms with van der Waals surface area (Å²) in [4.78, 5) is 10.8. The molecule has 0 radical (unpaired) electrons. The number of nitrogens with one attached hydrogen (secondary N) is 1. The lowest BCUT2D eigenvalue weighted by atomic mass is 10.3. The molecule has 0 heterocycles. The van der Waals surface area contributed by atoms with Crippen molar-refractivity contribution in [2.75, 3.05) is 18.1 Å². The summed E-state index contributed by atoms with van der Waals surface area (Å²) in [6.07, 6.45) is -0.775. The fourth-order valence-electron chi connectivity index (χ4n) is 0.968. The van der Waals surface area contributed by atoms with Gasteiger partial charge in [-0.1, -0.05) is 13.8 Å². The van der Waals surface area contributed by atoms with Crippen molar-refractivity contribution in [3.8, 4) is 0 Å². The first-order valence-electron chi connectivity index (χ1n) is 4.82. The van der Waals surface area contributed by atoms with Gasteiger partial charge in [0.25, 0.3) is 0 Å². The highest BCUT2D eigenvalue weighted by atomic mass is 32.2. The molecule has 0 amide bonds. The van der Waals surface area contributed by atoms with Crippen LogP contribution in [0.15, 0.2) is 0 Å². The van der Waals surface area contributed by atoms with Crippen LogP contribution in [0, 0.1) is 0 Å². The van der Waals surface area contributed by atoms with E-state index in [0.29, 0.717) is 11.5 Å². The molecule has 2 atom stereocenters. The molecule has 0 aliphatic heterocycles. The van der Waals surface area contributed by atoms with Gasteiger partial charge in [0.1, 0.15) is 6.04 Å². The first-order valence-corrected chi connectivity index (χ1v) is 5.98. The van der Waals surface area contributed by atoms with Gasteiger partial charge in [0.15, 0.2) is 0 Å². The van der Waals surface area contributed by atoms with E-state index in [1.807, 2.05) is 13.8 Å². The maximum absolute atomic E-state index is 10.8. The summed E-state index contributed by atoms with van der Waals surface area (Å²) in [5.74, 6) is -0.167. The Bertz CT molecular complexity index is 189. The zero-order chi connectivity index (χ0) is 11.8. The lowest BCUT2D eigenvalue weighted by Gasteiger charge is -2.17. The minimum atomic E-state index is -0.894. The van der Waals surface area contributed by atoms with E-state index < -0.39 is 18.1 Å². The van der Waals surface area contributed by atoms with Gasteiger partial charge in [-0.25, -0.2) is 0 Å². The maximum atomic E-state index is 10.8. The monoisotopic (exact) mass is 237 g/mol. The second-order valence-corrected chi connectivity index (χ2v) is 4.66. The van der Waals surface area contributed by atoms with Crippen LogP contribution in [0.4, 0.5) is 0 Å². The molecular formula is C9H19NO4S. The molecule has 5 nitrogen and oxygen atoms in total. The lowest BCUT2D eigenvalue weighted by molar-refractivity contribution is -0.139. The van der Waals surface area contributed by atoms with Crippen LogP contribution in [0.5, 0.6) is 0 Å². The standard InChI is InChI=1S/C9H19NO4S/c1-6(2)10-8(9(13)14)5-15-4-7(12)3-11/h6-8,10-12H,3-5H2,1-2H3,(H,13,14). The number of rotatable bonds is 8. The number of aliphatic hydroxyl groups excluding tert-OH is 2. The van der Waals surface area contributed by atoms with Gasteiger partial charge in [-0.05, 0) is 0 Å². The molecule has 0 spiro atoms. The van der Waals surface area contributed by atoms with E-state index in [1.165, 1.54) is 11.8 Å². The molecule has 0 saturated heterocycles. The maximum Gasteiger partial charge on any atom is 0.321 e. The van der Waals surface area contributed by atoms with Gasteiger partial charge < -0.3 is 20.6 Å². The number of carboxylic acid groups (broad SMARTS) is 1. The summed E-state index contributed by atoms with van der Waals surface area (Å²) >= 11 is 1.31. The Morgan fingerprint density at radius 2 is 2.00 bits per heavy atom. The largest absolute Gasteiger partial charge is 0.480 e. The molecule has 0 aromatic carbocycles. The molecule has 90 valence electrons. The average Bonchev–Trinajstić information content (AvgIpc) is 2.15. The van der Waals surface area contributed by atoms with Crippen LogP contribution in [0.2, 0.25) is 0 Å². The van der Waals surface area contributed by atoms with Crippen LogP contribution in [0.25, 0.3) is 0 Å². The van der Waals surface area contributed by atoms with Crippen LogP contribution in [0.1, 0.15) is 13.8 Å². The van der Waals surface area contributed by atoms with Gasteiger partial charge >= 0.3 is 5.97 Å². The topological polar surface area (TPSA) is 89.8 Å². The van der Waals surface area contributed by atoms with E-state index in [1.54, 1.807) is 0 Å². The predicted octanol–water partition coefficient (Wildman–Crippen LogP) is -0.476. The fourth-order valence-corrected chi connectivity index (χ4v) is 1.96. The Balaban J connectivity index is 3.81. The quantitative estimate of drug-likeness (QED) is 0.456. The second-order valence-electron chi connectivity index (χ2n) is 3.59. The van der Waals surface area contributed by atoms with E-state index >= 15 is 0 Å². The van der Waals surface area contributed by atoms with Crippen molar-refractivity contribution >= 4 is 17.7 Å². The van der Waals surface area contributed by atoms with Gasteiger partial charge in [0, 0.05) is 17.5 Å². The van der Waals surface area contributed by atoms with Gasteiger partial charge in [0.05, 0.1) is 12.7 Å². The highest BCUT2D eigenvalue weighted by Crippen LogP contribution is 2.06. The van der Waals surface area contributed by atoms with Crippen molar-refractivity contribution in [2.24, 2.45) is 0 Å². The molecule has 0 rings (SSSR count). The van der Waals surface area contributed by atoms with Gasteiger partial charge in [0.2, 0.25) is 0 Å². The molecule has 0 fully saturated rings. The minimum absolute atomic E-state index is 0.106. The number of hydrogen-bond acceptors (Lipinski definition) is 5. The molecule has 0 aromatic rings. The summed E-state index contributed by atoms with van der Waals surface area (Å²) in [6, 6.07) is -0.504. The lowest BCUT2D eigenvalue weighted by Crippen LogP contribution is -2.42. The molecule has 4 N–H and O–H groups in total. The summed E-state index contributed by atoms with van der Waals surface area (Å²) < 4.78 is 0. The molecular weight excluding hydrogens is 218 g/mol. The Hall–Kier alpha value is -0.300. The average molecular weight is 237 g/mol. The third-order valence-corrected chi connectivity index (χ3v) is 2.83. The smallest absolute Gasteiger partial charge is 0.321 e. The first-order chi connectivity index (χ1) is 6.97. The van der Waals surface area contributed by atoms with Crippen molar-refractivity contribution in [3.63, 3.8) is 0 Å². The van der Waals surface area contributed by atoms with Crippen molar-refractivity contribution in [2.45, 2.75) is 32.0 Å². The Kier molecular flexibility index (Phi) is 7.76. The fraction of sp³-hybridized carbons (Fsp3) is 0.889. The Morgan fingerprint density at radius 3 is 2.40 bits per heavy atom. The second kappa shape index (κ2) is 7.92. The number of aliphatic carboxylic acids is 1. The van der Waals surface area contributed by atoms with Crippen molar-refractivity contribution in [1.29, 1.82) is 0 Å². The third kappa shape index (κ3) is 7.61. The number of carbonyl (C=O) groups is 1. The van der Waals surface area contributed by atoms with Crippen LogP contribution in [-0.4, -0.2) is 57.6 Å². The first kappa shape index (κ1) is 14.7.